The van der Waals surface area contributed by atoms with Gasteiger partial charge in [0.05, 0.1) is 41.6 Å². The molecule has 0 bridgehead atoms. The maximum Gasteiger partial charge on any atom is 0.337 e. The molecule has 1 aromatic heterocycles. The lowest BCUT2D eigenvalue weighted by molar-refractivity contribution is -0.116. The Morgan fingerprint density at radius 1 is 1.22 bits per heavy atom. The third kappa shape index (κ3) is 4.15. The molecule has 0 fully saturated rings. The number of benzene rings is 2. The number of fused-ring (bicyclic) bond motifs is 1. The number of anilines is 1. The Hall–Kier alpha value is -3.19. The Balaban J connectivity index is 1.74. The molecule has 3 rings (SSSR count). The van der Waals surface area contributed by atoms with Crippen LogP contribution in [-0.4, -0.2) is 28.8 Å². The van der Waals surface area contributed by atoms with Crippen LogP contribution in [0.15, 0.2) is 53.5 Å². The Bertz CT molecular complexity index is 1080. The van der Waals surface area contributed by atoms with E-state index in [-0.39, 0.29) is 29.9 Å². The molecule has 0 radical (unpaired) electrons. The van der Waals surface area contributed by atoms with Crippen LogP contribution in [0.25, 0.3) is 10.9 Å². The molecule has 3 aromatic rings. The number of aromatic nitrogens is 2. The van der Waals surface area contributed by atoms with Crippen molar-refractivity contribution < 1.29 is 14.3 Å². The Labute approximate surface area is 159 Å². The molecule has 27 heavy (non-hydrogen) atoms. The normalized spacial score (nSPS) is 10.6. The van der Waals surface area contributed by atoms with Crippen LogP contribution >= 0.6 is 11.6 Å². The number of carbonyl (C=O) groups is 2. The number of hydrogen-bond acceptors (Lipinski definition) is 5. The number of rotatable bonds is 5. The van der Waals surface area contributed by atoms with Gasteiger partial charge in [-0.25, -0.2) is 4.79 Å². The van der Waals surface area contributed by atoms with Gasteiger partial charge in [0.15, 0.2) is 0 Å². The van der Waals surface area contributed by atoms with Crippen molar-refractivity contribution in [1.29, 1.82) is 0 Å². The minimum Gasteiger partial charge on any atom is -0.465 e. The van der Waals surface area contributed by atoms with Crippen LogP contribution in [0, 0.1) is 0 Å². The molecular formula is C19H16ClN3O4. The number of para-hydroxylation sites is 1. The van der Waals surface area contributed by atoms with Gasteiger partial charge in [0.25, 0.3) is 0 Å². The van der Waals surface area contributed by atoms with Gasteiger partial charge >= 0.3 is 5.97 Å². The summed E-state index contributed by atoms with van der Waals surface area (Å²) in [4.78, 5) is 35.8. The van der Waals surface area contributed by atoms with Gasteiger partial charge in [-0.15, -0.1) is 0 Å². The van der Waals surface area contributed by atoms with E-state index >= 15 is 0 Å². The number of ether oxygens (including phenoxy) is 1. The van der Waals surface area contributed by atoms with Crippen molar-refractivity contribution in [3.8, 4) is 0 Å². The highest BCUT2D eigenvalue weighted by Crippen LogP contribution is 2.23. The number of nitrogens with zero attached hydrogens (tertiary/aromatic N) is 2. The molecule has 0 aliphatic rings. The summed E-state index contributed by atoms with van der Waals surface area (Å²) in [6, 6.07) is 11.6. The fraction of sp³-hybridized carbons (Fsp3) is 0.158. The van der Waals surface area contributed by atoms with E-state index in [0.717, 1.165) is 0 Å². The maximum atomic E-state index is 12.3. The molecule has 0 aliphatic heterocycles. The largest absolute Gasteiger partial charge is 0.465 e. The summed E-state index contributed by atoms with van der Waals surface area (Å²) in [5, 5.41) is 7.62. The highest BCUT2D eigenvalue weighted by Gasteiger charge is 2.12. The second-order valence-corrected chi connectivity index (χ2v) is 6.14. The van der Waals surface area contributed by atoms with Gasteiger partial charge in [-0.05, 0) is 30.3 Å². The number of aryl methyl sites for hydroxylation is 1. The van der Waals surface area contributed by atoms with E-state index in [2.05, 4.69) is 15.2 Å². The summed E-state index contributed by atoms with van der Waals surface area (Å²) in [6.07, 6.45) is 1.34. The zero-order valence-corrected chi connectivity index (χ0v) is 15.2. The summed E-state index contributed by atoms with van der Waals surface area (Å²) in [6.45, 7) is 0.279. The molecule has 1 heterocycles. The van der Waals surface area contributed by atoms with Crippen LogP contribution < -0.4 is 10.7 Å². The first kappa shape index (κ1) is 18.6. The SMILES string of the molecule is COC(=O)c1ccc(Cl)c(NC(=O)CCn2ncc(=O)c3ccccc32)c1. The molecular weight excluding hydrogens is 370 g/mol. The number of amides is 1. The molecule has 0 unspecified atom stereocenters. The first-order valence-electron chi connectivity index (χ1n) is 8.12. The number of methoxy groups -OCH3 is 1. The van der Waals surface area contributed by atoms with Crippen molar-refractivity contribution in [3.63, 3.8) is 0 Å². The van der Waals surface area contributed by atoms with Gasteiger partial charge < -0.3 is 10.1 Å². The van der Waals surface area contributed by atoms with Crippen molar-refractivity contribution in [2.24, 2.45) is 0 Å². The van der Waals surface area contributed by atoms with E-state index in [1.165, 1.54) is 31.5 Å². The summed E-state index contributed by atoms with van der Waals surface area (Å²) >= 11 is 6.08. The summed E-state index contributed by atoms with van der Waals surface area (Å²) in [5.41, 5.74) is 1.09. The van der Waals surface area contributed by atoms with Crippen LogP contribution in [0.3, 0.4) is 0 Å². The van der Waals surface area contributed by atoms with Gasteiger partial charge in [-0.2, -0.15) is 5.10 Å². The number of nitrogens with one attached hydrogen (secondary N) is 1. The molecule has 0 spiro atoms. The summed E-state index contributed by atoms with van der Waals surface area (Å²) < 4.78 is 6.26. The van der Waals surface area contributed by atoms with Crippen molar-refractivity contribution in [2.75, 3.05) is 12.4 Å². The topological polar surface area (TPSA) is 90.3 Å². The predicted octanol–water partition coefficient (Wildman–Crippen LogP) is 2.87. The van der Waals surface area contributed by atoms with E-state index in [4.69, 9.17) is 11.6 Å². The maximum absolute atomic E-state index is 12.3. The van der Waals surface area contributed by atoms with Crippen molar-refractivity contribution in [2.45, 2.75) is 13.0 Å². The molecule has 0 saturated heterocycles. The van der Waals surface area contributed by atoms with Gasteiger partial charge in [0.2, 0.25) is 11.3 Å². The molecule has 0 saturated carbocycles. The third-order valence-corrected chi connectivity index (χ3v) is 4.30. The second kappa shape index (κ2) is 8.01. The van der Waals surface area contributed by atoms with E-state index in [1.54, 1.807) is 28.9 Å². The molecule has 1 amide bonds. The lowest BCUT2D eigenvalue weighted by atomic mass is 10.2. The highest BCUT2D eigenvalue weighted by atomic mass is 35.5. The van der Waals surface area contributed by atoms with Crippen LogP contribution in [0.4, 0.5) is 5.69 Å². The zero-order valence-electron chi connectivity index (χ0n) is 14.4. The van der Waals surface area contributed by atoms with Gasteiger partial charge in [-0.3, -0.25) is 14.3 Å². The average Bonchev–Trinajstić information content (AvgIpc) is 2.69. The van der Waals surface area contributed by atoms with E-state index in [0.29, 0.717) is 21.6 Å². The zero-order chi connectivity index (χ0) is 19.4. The average molecular weight is 386 g/mol. The Morgan fingerprint density at radius 3 is 2.78 bits per heavy atom. The number of esters is 1. The smallest absolute Gasteiger partial charge is 0.337 e. The molecule has 1 N–H and O–H groups in total. The van der Waals surface area contributed by atoms with Crippen molar-refractivity contribution in [3.05, 3.63) is 69.5 Å². The predicted molar refractivity (Wildman–Crippen MR) is 102 cm³/mol. The van der Waals surface area contributed by atoms with E-state index in [9.17, 15) is 14.4 Å². The lowest BCUT2D eigenvalue weighted by Gasteiger charge is -2.11. The first-order chi connectivity index (χ1) is 13.0. The number of carbonyl (C=O) groups excluding carboxylic acids is 2. The standard InChI is InChI=1S/C19H16ClN3O4/c1-27-19(26)12-6-7-14(20)15(10-12)22-18(25)8-9-23-16-5-3-2-4-13(16)17(24)11-21-23/h2-7,10-11H,8-9H2,1H3,(H,22,25). The quantitative estimate of drug-likeness (QED) is 0.682. The fourth-order valence-corrected chi connectivity index (χ4v) is 2.79. The first-order valence-corrected chi connectivity index (χ1v) is 8.50. The third-order valence-electron chi connectivity index (χ3n) is 3.97. The van der Waals surface area contributed by atoms with E-state index in [1.807, 2.05) is 0 Å². The van der Waals surface area contributed by atoms with Crippen molar-refractivity contribution >= 4 is 40.1 Å². The highest BCUT2D eigenvalue weighted by molar-refractivity contribution is 6.33. The lowest BCUT2D eigenvalue weighted by Crippen LogP contribution is -2.18. The van der Waals surface area contributed by atoms with Gasteiger partial charge in [0.1, 0.15) is 0 Å². The minimum atomic E-state index is -0.522. The number of hydrogen-bond donors (Lipinski definition) is 1. The number of halogens is 1. The molecule has 0 aliphatic carbocycles. The van der Waals surface area contributed by atoms with Crippen LogP contribution in [-0.2, 0) is 16.1 Å². The van der Waals surface area contributed by atoms with Crippen LogP contribution in [0.2, 0.25) is 5.02 Å². The summed E-state index contributed by atoms with van der Waals surface area (Å²) in [5.74, 6) is -0.824. The molecule has 0 atom stereocenters. The molecule has 8 heteroatoms. The van der Waals surface area contributed by atoms with Crippen LogP contribution in [0.1, 0.15) is 16.8 Å². The molecule has 2 aromatic carbocycles. The van der Waals surface area contributed by atoms with Gasteiger partial charge in [0, 0.05) is 11.8 Å². The second-order valence-electron chi connectivity index (χ2n) is 5.73. The monoisotopic (exact) mass is 385 g/mol. The van der Waals surface area contributed by atoms with E-state index < -0.39 is 5.97 Å². The molecule has 138 valence electrons. The van der Waals surface area contributed by atoms with Gasteiger partial charge in [-0.1, -0.05) is 23.7 Å². The summed E-state index contributed by atoms with van der Waals surface area (Å²) in [7, 11) is 1.27. The Kier molecular flexibility index (Phi) is 5.52. The minimum absolute atomic E-state index is 0.110. The molecule has 7 nitrogen and oxygen atoms in total. The fourth-order valence-electron chi connectivity index (χ4n) is 2.63. The van der Waals surface area contributed by atoms with Crippen molar-refractivity contribution in [1.82, 2.24) is 9.78 Å². The Morgan fingerprint density at radius 2 is 2.00 bits per heavy atom. The van der Waals surface area contributed by atoms with Crippen LogP contribution in [0.5, 0.6) is 0 Å².